The minimum atomic E-state index is -1.04. The van der Waals surface area contributed by atoms with Crippen molar-refractivity contribution in [3.63, 3.8) is 0 Å². The zero-order chi connectivity index (χ0) is 18.0. The van der Waals surface area contributed by atoms with Gasteiger partial charge in [0.1, 0.15) is 11.3 Å². The van der Waals surface area contributed by atoms with Crippen molar-refractivity contribution in [1.82, 2.24) is 4.98 Å². The number of carboxylic acid groups (broad SMARTS) is 1. The van der Waals surface area contributed by atoms with E-state index >= 15 is 0 Å². The third kappa shape index (κ3) is 2.82. The van der Waals surface area contributed by atoms with Crippen LogP contribution in [0.1, 0.15) is 10.4 Å². The minimum Gasteiger partial charge on any atom is -0.494 e. The van der Waals surface area contributed by atoms with Gasteiger partial charge in [0.05, 0.1) is 26.9 Å². The minimum absolute atomic E-state index is 0.112. The van der Waals surface area contributed by atoms with Gasteiger partial charge in [0.15, 0.2) is 11.5 Å². The molecule has 128 valence electrons. The Kier molecular flexibility index (Phi) is 4.43. The van der Waals surface area contributed by atoms with Gasteiger partial charge in [-0.15, -0.1) is 0 Å². The molecular weight excluding hydrogens is 322 g/mol. The molecule has 6 nitrogen and oxygen atoms in total. The summed E-state index contributed by atoms with van der Waals surface area (Å²) in [6.07, 6.45) is 1.68. The number of nitrogens with zero attached hydrogens (tertiary/aromatic N) is 1. The molecule has 0 aliphatic rings. The molecule has 2 aromatic carbocycles. The Morgan fingerprint density at radius 2 is 1.72 bits per heavy atom. The van der Waals surface area contributed by atoms with E-state index in [4.69, 9.17) is 14.2 Å². The van der Waals surface area contributed by atoms with Gasteiger partial charge in [0.25, 0.3) is 0 Å². The molecule has 0 fully saturated rings. The summed E-state index contributed by atoms with van der Waals surface area (Å²) in [4.78, 5) is 15.9. The van der Waals surface area contributed by atoms with Crippen LogP contribution in [0.4, 0.5) is 0 Å². The maximum Gasteiger partial charge on any atom is 0.335 e. The van der Waals surface area contributed by atoms with Crippen molar-refractivity contribution >= 4 is 16.9 Å². The van der Waals surface area contributed by atoms with Crippen LogP contribution in [0.25, 0.3) is 22.0 Å². The molecule has 0 saturated heterocycles. The van der Waals surface area contributed by atoms with E-state index in [9.17, 15) is 9.90 Å². The second-order valence-corrected chi connectivity index (χ2v) is 5.28. The lowest BCUT2D eigenvalue weighted by Gasteiger charge is -2.16. The predicted molar refractivity (Wildman–Crippen MR) is 93.8 cm³/mol. The summed E-state index contributed by atoms with van der Waals surface area (Å²) in [6, 6.07) is 10.4. The van der Waals surface area contributed by atoms with E-state index in [2.05, 4.69) is 4.98 Å². The highest BCUT2D eigenvalue weighted by atomic mass is 16.5. The summed E-state index contributed by atoms with van der Waals surface area (Å²) in [5, 5.41) is 10.2. The van der Waals surface area contributed by atoms with E-state index < -0.39 is 5.97 Å². The van der Waals surface area contributed by atoms with Crippen molar-refractivity contribution < 1.29 is 24.1 Å². The van der Waals surface area contributed by atoms with Crippen LogP contribution in [0.3, 0.4) is 0 Å². The van der Waals surface area contributed by atoms with Crippen LogP contribution in [0, 0.1) is 0 Å². The average Bonchev–Trinajstić information content (AvgIpc) is 2.65. The normalized spacial score (nSPS) is 10.5. The number of carboxylic acids is 1. The number of carbonyl (C=O) groups is 1. The summed E-state index contributed by atoms with van der Waals surface area (Å²) in [5.41, 5.74) is 2.19. The summed E-state index contributed by atoms with van der Waals surface area (Å²) in [6.45, 7) is 0. The third-order valence-electron chi connectivity index (χ3n) is 3.97. The number of benzene rings is 2. The van der Waals surface area contributed by atoms with E-state index in [1.807, 2.05) is 18.2 Å². The summed E-state index contributed by atoms with van der Waals surface area (Å²) < 4.78 is 16.2. The van der Waals surface area contributed by atoms with Gasteiger partial charge in [-0.1, -0.05) is 6.07 Å². The first-order chi connectivity index (χ1) is 12.1. The molecule has 1 N–H and O–H groups in total. The zero-order valence-corrected chi connectivity index (χ0v) is 14.1. The van der Waals surface area contributed by atoms with Gasteiger partial charge in [0, 0.05) is 17.1 Å². The fourth-order valence-electron chi connectivity index (χ4n) is 2.83. The second kappa shape index (κ2) is 6.68. The summed E-state index contributed by atoms with van der Waals surface area (Å²) in [7, 11) is 4.57. The second-order valence-electron chi connectivity index (χ2n) is 5.28. The number of ether oxygens (including phenoxy) is 3. The Morgan fingerprint density at radius 1 is 0.960 bits per heavy atom. The molecular formula is C19H17NO5. The van der Waals surface area contributed by atoms with Crippen molar-refractivity contribution in [3.05, 3.63) is 48.2 Å². The molecule has 6 heteroatoms. The molecule has 1 aromatic heterocycles. The first kappa shape index (κ1) is 16.6. The summed E-state index contributed by atoms with van der Waals surface area (Å²) >= 11 is 0. The Bertz CT molecular complexity index is 952. The summed E-state index contributed by atoms with van der Waals surface area (Å²) in [5.74, 6) is 0.408. The SMILES string of the molecule is COc1cc(C(=O)O)cc(-c2ccc(OC)c3ncccc23)c1OC. The Balaban J connectivity index is 2.38. The Hall–Kier alpha value is -3.28. The van der Waals surface area contributed by atoms with E-state index in [1.165, 1.54) is 20.3 Å². The molecule has 0 aliphatic heterocycles. The fraction of sp³-hybridized carbons (Fsp3) is 0.158. The van der Waals surface area contributed by atoms with Gasteiger partial charge >= 0.3 is 5.97 Å². The Labute approximate surface area is 144 Å². The highest BCUT2D eigenvalue weighted by Gasteiger charge is 2.19. The molecule has 0 radical (unpaired) electrons. The smallest absolute Gasteiger partial charge is 0.335 e. The van der Waals surface area contributed by atoms with E-state index in [1.54, 1.807) is 25.4 Å². The van der Waals surface area contributed by atoms with Crippen LogP contribution in [-0.4, -0.2) is 37.4 Å². The molecule has 25 heavy (non-hydrogen) atoms. The van der Waals surface area contributed by atoms with Gasteiger partial charge in [-0.2, -0.15) is 0 Å². The van der Waals surface area contributed by atoms with E-state index in [0.717, 1.165) is 10.9 Å². The molecule has 1 heterocycles. The maximum atomic E-state index is 11.5. The Morgan fingerprint density at radius 3 is 2.36 bits per heavy atom. The molecule has 0 aliphatic carbocycles. The van der Waals surface area contributed by atoms with Gasteiger partial charge in [0.2, 0.25) is 0 Å². The van der Waals surface area contributed by atoms with Crippen LogP contribution in [0.5, 0.6) is 17.2 Å². The van der Waals surface area contributed by atoms with Crippen LogP contribution < -0.4 is 14.2 Å². The highest BCUT2D eigenvalue weighted by Crippen LogP contribution is 2.43. The number of hydrogen-bond acceptors (Lipinski definition) is 5. The van der Waals surface area contributed by atoms with E-state index in [0.29, 0.717) is 28.3 Å². The first-order valence-electron chi connectivity index (χ1n) is 7.52. The van der Waals surface area contributed by atoms with Crippen LogP contribution in [-0.2, 0) is 0 Å². The quantitative estimate of drug-likeness (QED) is 0.765. The number of aromatic nitrogens is 1. The number of fused-ring (bicyclic) bond motifs is 1. The van der Waals surface area contributed by atoms with Crippen LogP contribution in [0.2, 0.25) is 0 Å². The molecule has 3 rings (SSSR count). The standard InChI is InChI=1S/C19H17NO5/c1-23-15-7-6-12(13-5-4-8-20-17(13)15)14-9-11(19(21)22)10-16(24-2)18(14)25-3/h4-10H,1-3H3,(H,21,22). The highest BCUT2D eigenvalue weighted by molar-refractivity contribution is 6.01. The van der Waals surface area contributed by atoms with Crippen LogP contribution >= 0.6 is 0 Å². The van der Waals surface area contributed by atoms with Gasteiger partial charge in [-0.05, 0) is 35.9 Å². The number of pyridine rings is 1. The van der Waals surface area contributed by atoms with E-state index in [-0.39, 0.29) is 5.56 Å². The lowest BCUT2D eigenvalue weighted by Crippen LogP contribution is -2.01. The first-order valence-corrected chi connectivity index (χ1v) is 7.52. The number of hydrogen-bond donors (Lipinski definition) is 1. The molecule has 0 unspecified atom stereocenters. The maximum absolute atomic E-state index is 11.5. The predicted octanol–water partition coefficient (Wildman–Crippen LogP) is 3.63. The van der Waals surface area contributed by atoms with Gasteiger partial charge < -0.3 is 19.3 Å². The zero-order valence-electron chi connectivity index (χ0n) is 14.1. The fourth-order valence-corrected chi connectivity index (χ4v) is 2.83. The van der Waals surface area contributed by atoms with Crippen LogP contribution in [0.15, 0.2) is 42.6 Å². The topological polar surface area (TPSA) is 77.9 Å². The van der Waals surface area contributed by atoms with Crippen molar-refractivity contribution in [2.45, 2.75) is 0 Å². The third-order valence-corrected chi connectivity index (χ3v) is 3.97. The average molecular weight is 339 g/mol. The molecule has 0 saturated carbocycles. The van der Waals surface area contributed by atoms with Crippen molar-refractivity contribution in [1.29, 1.82) is 0 Å². The van der Waals surface area contributed by atoms with Gasteiger partial charge in [-0.25, -0.2) is 4.79 Å². The molecule has 3 aromatic rings. The molecule has 0 atom stereocenters. The monoisotopic (exact) mass is 339 g/mol. The van der Waals surface area contributed by atoms with Crippen molar-refractivity contribution in [2.75, 3.05) is 21.3 Å². The number of aromatic carboxylic acids is 1. The number of rotatable bonds is 5. The van der Waals surface area contributed by atoms with Crippen molar-refractivity contribution in [2.24, 2.45) is 0 Å². The lowest BCUT2D eigenvalue weighted by atomic mass is 9.97. The molecule has 0 spiro atoms. The molecule has 0 bridgehead atoms. The van der Waals surface area contributed by atoms with Crippen molar-refractivity contribution in [3.8, 4) is 28.4 Å². The van der Waals surface area contributed by atoms with Gasteiger partial charge in [-0.3, -0.25) is 4.98 Å². The molecule has 0 amide bonds. The lowest BCUT2D eigenvalue weighted by molar-refractivity contribution is 0.0696. The largest absolute Gasteiger partial charge is 0.494 e. The number of methoxy groups -OCH3 is 3.